The summed E-state index contributed by atoms with van der Waals surface area (Å²) in [4.78, 5) is 32.3. The molecule has 0 spiro atoms. The standard InChI is InChI=1S/C18H21FN4O3/c19-14-7-12(8-15(24)9-14)1-4-20-18(26)13-2-5-23(6-3-13)16-10-17(25)22-11-21-16/h7-11,13,24H,1-6H2,(H,20,26)(H,21,22,25). The van der Waals surface area contributed by atoms with E-state index in [1.165, 1.54) is 24.5 Å². The molecule has 3 N–H and O–H groups in total. The number of rotatable bonds is 5. The van der Waals surface area contributed by atoms with E-state index in [1.54, 1.807) is 0 Å². The van der Waals surface area contributed by atoms with E-state index in [-0.39, 0.29) is 23.1 Å². The lowest BCUT2D eigenvalue weighted by Crippen LogP contribution is -2.41. The quantitative estimate of drug-likeness (QED) is 0.744. The largest absolute Gasteiger partial charge is 0.508 e. The lowest BCUT2D eigenvalue weighted by molar-refractivity contribution is -0.125. The lowest BCUT2D eigenvalue weighted by atomic mass is 9.96. The number of nitrogens with one attached hydrogen (secondary N) is 2. The van der Waals surface area contributed by atoms with Crippen molar-refractivity contribution in [3.05, 3.63) is 52.3 Å². The number of aromatic nitrogens is 2. The van der Waals surface area contributed by atoms with Gasteiger partial charge in [0, 0.05) is 37.7 Å². The molecular formula is C18H21FN4O3. The van der Waals surface area contributed by atoms with Crippen molar-refractivity contribution in [3.8, 4) is 5.75 Å². The van der Waals surface area contributed by atoms with Gasteiger partial charge in [-0.25, -0.2) is 9.37 Å². The third kappa shape index (κ3) is 4.59. The topological polar surface area (TPSA) is 98.3 Å². The van der Waals surface area contributed by atoms with Gasteiger partial charge in [-0.1, -0.05) is 0 Å². The van der Waals surface area contributed by atoms with Gasteiger partial charge in [-0.05, 0) is 37.0 Å². The first-order chi connectivity index (χ1) is 12.5. The first-order valence-electron chi connectivity index (χ1n) is 8.57. The molecule has 26 heavy (non-hydrogen) atoms. The van der Waals surface area contributed by atoms with E-state index in [1.807, 2.05) is 4.90 Å². The van der Waals surface area contributed by atoms with Crippen molar-refractivity contribution >= 4 is 11.7 Å². The Morgan fingerprint density at radius 3 is 2.77 bits per heavy atom. The van der Waals surface area contributed by atoms with Crippen LogP contribution in [0, 0.1) is 11.7 Å². The summed E-state index contributed by atoms with van der Waals surface area (Å²) in [7, 11) is 0. The van der Waals surface area contributed by atoms with E-state index in [0.717, 1.165) is 6.07 Å². The van der Waals surface area contributed by atoms with Crippen LogP contribution < -0.4 is 15.8 Å². The Hall–Kier alpha value is -2.90. The zero-order valence-corrected chi connectivity index (χ0v) is 14.2. The zero-order valence-electron chi connectivity index (χ0n) is 14.2. The molecule has 1 amide bonds. The molecule has 7 nitrogen and oxygen atoms in total. The van der Waals surface area contributed by atoms with Crippen LogP contribution in [0.3, 0.4) is 0 Å². The number of carbonyl (C=O) groups excluding carboxylic acids is 1. The minimum absolute atomic E-state index is 0.0239. The smallest absolute Gasteiger partial charge is 0.252 e. The van der Waals surface area contributed by atoms with E-state index < -0.39 is 5.82 Å². The molecule has 1 fully saturated rings. The average molecular weight is 360 g/mol. The van der Waals surface area contributed by atoms with Crippen LogP contribution in [0.4, 0.5) is 10.2 Å². The number of nitrogens with zero attached hydrogens (tertiary/aromatic N) is 2. The Morgan fingerprint density at radius 2 is 2.08 bits per heavy atom. The lowest BCUT2D eigenvalue weighted by Gasteiger charge is -2.31. The van der Waals surface area contributed by atoms with Crippen LogP contribution in [-0.2, 0) is 11.2 Å². The summed E-state index contributed by atoms with van der Waals surface area (Å²) in [6.07, 6.45) is 3.19. The highest BCUT2D eigenvalue weighted by Crippen LogP contribution is 2.21. The molecule has 0 bridgehead atoms. The Kier molecular flexibility index (Phi) is 5.50. The van der Waals surface area contributed by atoms with E-state index in [2.05, 4.69) is 15.3 Å². The normalized spacial score (nSPS) is 15.0. The summed E-state index contributed by atoms with van der Waals surface area (Å²) in [6.45, 7) is 1.70. The van der Waals surface area contributed by atoms with Gasteiger partial charge in [0.05, 0.1) is 6.33 Å². The van der Waals surface area contributed by atoms with Crippen molar-refractivity contribution in [2.45, 2.75) is 19.3 Å². The van der Waals surface area contributed by atoms with Gasteiger partial charge in [-0.2, -0.15) is 0 Å². The summed E-state index contributed by atoms with van der Waals surface area (Å²) in [5.74, 6) is -0.101. The molecule has 8 heteroatoms. The number of phenols is 1. The van der Waals surface area contributed by atoms with Crippen LogP contribution in [-0.4, -0.2) is 40.6 Å². The van der Waals surface area contributed by atoms with E-state index >= 15 is 0 Å². The van der Waals surface area contributed by atoms with Crippen molar-refractivity contribution in [3.63, 3.8) is 0 Å². The third-order valence-corrected chi connectivity index (χ3v) is 4.51. The maximum Gasteiger partial charge on any atom is 0.252 e. The Balaban J connectivity index is 1.45. The highest BCUT2D eigenvalue weighted by molar-refractivity contribution is 5.79. The van der Waals surface area contributed by atoms with E-state index in [4.69, 9.17) is 0 Å². The minimum atomic E-state index is -0.493. The molecule has 1 saturated heterocycles. The molecule has 0 aliphatic carbocycles. The van der Waals surface area contributed by atoms with Gasteiger partial charge in [0.2, 0.25) is 5.91 Å². The number of amides is 1. The number of aromatic amines is 1. The van der Waals surface area contributed by atoms with Crippen molar-refractivity contribution in [1.82, 2.24) is 15.3 Å². The second-order valence-electron chi connectivity index (χ2n) is 6.39. The predicted molar refractivity (Wildman–Crippen MR) is 94.6 cm³/mol. The highest BCUT2D eigenvalue weighted by Gasteiger charge is 2.25. The fourth-order valence-corrected chi connectivity index (χ4v) is 3.15. The molecule has 1 aliphatic heterocycles. The van der Waals surface area contributed by atoms with Gasteiger partial charge in [0.1, 0.15) is 17.4 Å². The van der Waals surface area contributed by atoms with Crippen molar-refractivity contribution in [2.75, 3.05) is 24.5 Å². The van der Waals surface area contributed by atoms with Gasteiger partial charge in [-0.3, -0.25) is 9.59 Å². The number of benzene rings is 1. The van der Waals surface area contributed by atoms with Crippen molar-refractivity contribution < 1.29 is 14.3 Å². The third-order valence-electron chi connectivity index (χ3n) is 4.51. The number of aromatic hydroxyl groups is 1. The van der Waals surface area contributed by atoms with E-state index in [0.29, 0.717) is 50.3 Å². The molecule has 1 aromatic heterocycles. The Bertz CT molecular complexity index is 811. The fraction of sp³-hybridized carbons (Fsp3) is 0.389. The number of piperidine rings is 1. The predicted octanol–water partition coefficient (Wildman–Crippen LogP) is 1.19. The summed E-state index contributed by atoms with van der Waals surface area (Å²) in [6, 6.07) is 5.33. The van der Waals surface area contributed by atoms with Gasteiger partial charge < -0.3 is 20.3 Å². The summed E-state index contributed by atoms with van der Waals surface area (Å²) >= 11 is 0. The fourth-order valence-electron chi connectivity index (χ4n) is 3.15. The average Bonchev–Trinajstić information content (AvgIpc) is 2.61. The Labute approximate surface area is 149 Å². The first-order valence-corrected chi connectivity index (χ1v) is 8.57. The summed E-state index contributed by atoms with van der Waals surface area (Å²) < 4.78 is 13.2. The minimum Gasteiger partial charge on any atom is -0.508 e. The summed E-state index contributed by atoms with van der Waals surface area (Å²) in [5, 5.41) is 12.3. The van der Waals surface area contributed by atoms with Crippen molar-refractivity contribution in [1.29, 1.82) is 0 Å². The molecule has 0 saturated carbocycles. The van der Waals surface area contributed by atoms with Crippen LogP contribution in [0.15, 0.2) is 35.4 Å². The van der Waals surface area contributed by atoms with Gasteiger partial charge >= 0.3 is 0 Å². The molecule has 1 aliphatic rings. The molecule has 0 unspecified atom stereocenters. The molecule has 2 aromatic rings. The van der Waals surface area contributed by atoms with Crippen LogP contribution in [0.2, 0.25) is 0 Å². The molecule has 2 heterocycles. The number of halogens is 1. The molecule has 138 valence electrons. The second kappa shape index (κ2) is 7.99. The van der Waals surface area contributed by atoms with Crippen molar-refractivity contribution in [2.24, 2.45) is 5.92 Å². The number of H-pyrrole nitrogens is 1. The second-order valence-corrected chi connectivity index (χ2v) is 6.39. The van der Waals surface area contributed by atoms with Gasteiger partial charge in [0.25, 0.3) is 5.56 Å². The van der Waals surface area contributed by atoms with Crippen LogP contribution in [0.5, 0.6) is 5.75 Å². The summed E-state index contributed by atoms with van der Waals surface area (Å²) in [5.41, 5.74) is 0.441. The molecular weight excluding hydrogens is 339 g/mol. The molecule has 1 aromatic carbocycles. The number of anilines is 1. The van der Waals surface area contributed by atoms with Crippen LogP contribution in [0.1, 0.15) is 18.4 Å². The van der Waals surface area contributed by atoms with Gasteiger partial charge in [0.15, 0.2) is 0 Å². The SMILES string of the molecule is O=C(NCCc1cc(O)cc(F)c1)C1CCN(c2cc(=O)[nH]cn2)CC1. The first kappa shape index (κ1) is 17.9. The number of carbonyl (C=O) groups is 1. The number of hydrogen-bond acceptors (Lipinski definition) is 5. The molecule has 0 radical (unpaired) electrons. The van der Waals surface area contributed by atoms with Crippen LogP contribution >= 0.6 is 0 Å². The van der Waals surface area contributed by atoms with Gasteiger partial charge in [-0.15, -0.1) is 0 Å². The molecule has 3 rings (SSSR count). The maximum atomic E-state index is 13.2. The van der Waals surface area contributed by atoms with Crippen LogP contribution in [0.25, 0.3) is 0 Å². The zero-order chi connectivity index (χ0) is 18.5. The highest BCUT2D eigenvalue weighted by atomic mass is 19.1. The monoisotopic (exact) mass is 360 g/mol. The van der Waals surface area contributed by atoms with E-state index in [9.17, 15) is 19.1 Å². The number of hydrogen-bond donors (Lipinski definition) is 3. The Morgan fingerprint density at radius 1 is 1.31 bits per heavy atom. The maximum absolute atomic E-state index is 13.2. The number of phenolic OH excluding ortho intramolecular Hbond substituents is 1. The molecule has 0 atom stereocenters.